The summed E-state index contributed by atoms with van der Waals surface area (Å²) in [4.78, 5) is 19.9. The van der Waals surface area contributed by atoms with Gasteiger partial charge >= 0.3 is 0 Å². The SMILES string of the molecule is CCOc1ccc(-c2nc(CN3CCC(C(=O)c4ccc(O)cc4)CC3)cs2)cc1. The van der Waals surface area contributed by atoms with Gasteiger partial charge in [0.25, 0.3) is 0 Å². The third kappa shape index (κ3) is 4.89. The van der Waals surface area contributed by atoms with E-state index in [1.807, 2.05) is 31.2 Å². The first kappa shape index (κ1) is 20.6. The second-order valence-corrected chi connectivity index (χ2v) is 8.42. The van der Waals surface area contributed by atoms with Gasteiger partial charge in [-0.25, -0.2) is 4.98 Å². The van der Waals surface area contributed by atoms with Crippen LogP contribution in [0.15, 0.2) is 53.9 Å². The number of thiazole rings is 1. The number of hydrogen-bond acceptors (Lipinski definition) is 6. The minimum atomic E-state index is 0.0561. The second-order valence-electron chi connectivity index (χ2n) is 7.56. The van der Waals surface area contributed by atoms with Crippen LogP contribution in [-0.2, 0) is 6.54 Å². The van der Waals surface area contributed by atoms with Gasteiger partial charge in [0.05, 0.1) is 12.3 Å². The lowest BCUT2D eigenvalue weighted by molar-refractivity contribution is 0.0834. The zero-order chi connectivity index (χ0) is 20.9. The molecule has 0 radical (unpaired) electrons. The van der Waals surface area contributed by atoms with Crippen molar-refractivity contribution in [2.75, 3.05) is 19.7 Å². The molecule has 0 amide bonds. The third-order valence-electron chi connectivity index (χ3n) is 5.46. The van der Waals surface area contributed by atoms with Crippen LogP contribution in [0.4, 0.5) is 0 Å². The number of ketones is 1. The fourth-order valence-corrected chi connectivity index (χ4v) is 4.63. The molecule has 1 aliphatic heterocycles. The van der Waals surface area contributed by atoms with Crippen LogP contribution < -0.4 is 4.74 Å². The fourth-order valence-electron chi connectivity index (χ4n) is 3.82. The summed E-state index contributed by atoms with van der Waals surface area (Å²) in [6.07, 6.45) is 1.71. The van der Waals surface area contributed by atoms with Crippen LogP contribution in [0.3, 0.4) is 0 Å². The second kappa shape index (κ2) is 9.41. The molecule has 1 aliphatic rings. The molecular weight excluding hydrogens is 396 g/mol. The largest absolute Gasteiger partial charge is 0.508 e. The maximum atomic E-state index is 12.7. The summed E-state index contributed by atoms with van der Waals surface area (Å²) in [5.74, 6) is 1.30. The van der Waals surface area contributed by atoms with E-state index in [9.17, 15) is 9.90 Å². The molecule has 0 spiro atoms. The molecule has 1 aromatic heterocycles. The average Bonchev–Trinajstić information content (AvgIpc) is 3.23. The molecule has 156 valence electrons. The Morgan fingerprint density at radius 1 is 1.13 bits per heavy atom. The van der Waals surface area contributed by atoms with E-state index < -0.39 is 0 Å². The third-order valence-corrected chi connectivity index (χ3v) is 6.40. The van der Waals surface area contributed by atoms with Gasteiger partial charge in [0.15, 0.2) is 5.78 Å². The van der Waals surface area contributed by atoms with Crippen molar-refractivity contribution in [3.63, 3.8) is 0 Å². The van der Waals surface area contributed by atoms with Gasteiger partial charge in [-0.05, 0) is 81.4 Å². The quantitative estimate of drug-likeness (QED) is 0.542. The Morgan fingerprint density at radius 2 is 1.83 bits per heavy atom. The number of phenols is 1. The van der Waals surface area contributed by atoms with Crippen LogP contribution in [0.1, 0.15) is 35.8 Å². The molecule has 2 aromatic carbocycles. The van der Waals surface area contributed by atoms with Gasteiger partial charge in [0.1, 0.15) is 16.5 Å². The Bertz CT molecular complexity index is 974. The minimum absolute atomic E-state index is 0.0561. The molecule has 0 bridgehead atoms. The molecule has 0 saturated carbocycles. The Kier molecular flexibility index (Phi) is 6.45. The van der Waals surface area contributed by atoms with E-state index in [1.165, 1.54) is 0 Å². The maximum Gasteiger partial charge on any atom is 0.166 e. The number of piperidine rings is 1. The van der Waals surface area contributed by atoms with Gasteiger partial charge in [0, 0.05) is 29.0 Å². The van der Waals surface area contributed by atoms with E-state index in [-0.39, 0.29) is 17.5 Å². The highest BCUT2D eigenvalue weighted by molar-refractivity contribution is 7.13. The van der Waals surface area contributed by atoms with Gasteiger partial charge in [0.2, 0.25) is 0 Å². The highest BCUT2D eigenvalue weighted by Crippen LogP contribution is 2.28. The number of phenolic OH excluding ortho intramolecular Hbond substituents is 1. The smallest absolute Gasteiger partial charge is 0.166 e. The van der Waals surface area contributed by atoms with Crippen molar-refractivity contribution in [1.82, 2.24) is 9.88 Å². The number of benzene rings is 2. The molecule has 0 unspecified atom stereocenters. The summed E-state index contributed by atoms with van der Waals surface area (Å²) >= 11 is 1.66. The van der Waals surface area contributed by atoms with Crippen LogP contribution in [-0.4, -0.2) is 40.5 Å². The number of aromatic hydroxyl groups is 1. The van der Waals surface area contributed by atoms with Crippen molar-refractivity contribution in [2.24, 2.45) is 5.92 Å². The summed E-state index contributed by atoms with van der Waals surface area (Å²) in [6.45, 7) is 5.24. The molecule has 1 N–H and O–H groups in total. The standard InChI is InChI=1S/C24H26N2O3S/c1-2-29-22-9-5-19(6-10-22)24-25-20(16-30-24)15-26-13-11-18(12-14-26)23(28)17-3-7-21(27)8-4-17/h3-10,16,18,27H,2,11-15H2,1H3. The molecule has 1 saturated heterocycles. The first-order valence-electron chi connectivity index (χ1n) is 10.4. The van der Waals surface area contributed by atoms with E-state index in [1.54, 1.807) is 35.6 Å². The van der Waals surface area contributed by atoms with E-state index in [2.05, 4.69) is 10.3 Å². The molecule has 1 fully saturated rings. The highest BCUT2D eigenvalue weighted by Gasteiger charge is 2.26. The topological polar surface area (TPSA) is 62.7 Å². The number of carbonyl (C=O) groups excluding carboxylic acids is 1. The number of carbonyl (C=O) groups is 1. The first-order chi connectivity index (χ1) is 14.6. The van der Waals surface area contributed by atoms with Gasteiger partial charge in [-0.15, -0.1) is 11.3 Å². The minimum Gasteiger partial charge on any atom is -0.508 e. The molecule has 0 atom stereocenters. The van der Waals surface area contributed by atoms with E-state index in [4.69, 9.17) is 9.72 Å². The van der Waals surface area contributed by atoms with Crippen molar-refractivity contribution in [3.8, 4) is 22.1 Å². The molecular formula is C24H26N2O3S. The van der Waals surface area contributed by atoms with Crippen LogP contribution in [0, 0.1) is 5.92 Å². The van der Waals surface area contributed by atoms with Crippen molar-refractivity contribution in [2.45, 2.75) is 26.3 Å². The zero-order valence-corrected chi connectivity index (χ0v) is 17.9. The summed E-state index contributed by atoms with van der Waals surface area (Å²) in [5, 5.41) is 12.5. The lowest BCUT2D eigenvalue weighted by atomic mass is 9.89. The van der Waals surface area contributed by atoms with Crippen LogP contribution in [0.25, 0.3) is 10.6 Å². The molecule has 2 heterocycles. The van der Waals surface area contributed by atoms with Crippen LogP contribution in [0.5, 0.6) is 11.5 Å². The van der Waals surface area contributed by atoms with Gasteiger partial charge < -0.3 is 9.84 Å². The van der Waals surface area contributed by atoms with E-state index >= 15 is 0 Å². The van der Waals surface area contributed by atoms with Crippen molar-refractivity contribution >= 4 is 17.1 Å². The van der Waals surface area contributed by atoms with E-state index in [0.29, 0.717) is 12.2 Å². The number of aromatic nitrogens is 1. The average molecular weight is 423 g/mol. The van der Waals surface area contributed by atoms with Crippen molar-refractivity contribution in [3.05, 3.63) is 65.2 Å². The summed E-state index contributed by atoms with van der Waals surface area (Å²) in [7, 11) is 0. The van der Waals surface area contributed by atoms with Crippen molar-refractivity contribution in [1.29, 1.82) is 0 Å². The van der Waals surface area contributed by atoms with Crippen LogP contribution >= 0.6 is 11.3 Å². The number of rotatable bonds is 7. The maximum absolute atomic E-state index is 12.7. The van der Waals surface area contributed by atoms with Gasteiger partial charge in [-0.2, -0.15) is 0 Å². The zero-order valence-electron chi connectivity index (χ0n) is 17.1. The number of likely N-dealkylation sites (tertiary alicyclic amines) is 1. The monoisotopic (exact) mass is 422 g/mol. The first-order valence-corrected chi connectivity index (χ1v) is 11.2. The Balaban J connectivity index is 1.31. The summed E-state index contributed by atoms with van der Waals surface area (Å²) < 4.78 is 5.50. The predicted octanol–water partition coefficient (Wildman–Crippen LogP) is 5.01. The molecule has 30 heavy (non-hydrogen) atoms. The molecule has 6 heteroatoms. The number of Topliss-reactive ketones (excluding diaryl/α,β-unsaturated/α-hetero) is 1. The van der Waals surface area contributed by atoms with E-state index in [0.717, 1.165) is 54.5 Å². The van der Waals surface area contributed by atoms with Crippen molar-refractivity contribution < 1.29 is 14.6 Å². The van der Waals surface area contributed by atoms with Gasteiger partial charge in [-0.3, -0.25) is 9.69 Å². The Morgan fingerprint density at radius 3 is 2.50 bits per heavy atom. The van der Waals surface area contributed by atoms with Crippen LogP contribution in [0.2, 0.25) is 0 Å². The Labute approximate surface area is 181 Å². The number of hydrogen-bond donors (Lipinski definition) is 1. The molecule has 0 aliphatic carbocycles. The molecule has 3 aromatic rings. The summed E-state index contributed by atoms with van der Waals surface area (Å²) in [5.41, 5.74) is 2.87. The lowest BCUT2D eigenvalue weighted by Gasteiger charge is -2.30. The lowest BCUT2D eigenvalue weighted by Crippen LogP contribution is -2.36. The number of ether oxygens (including phenoxy) is 1. The van der Waals surface area contributed by atoms with Gasteiger partial charge in [-0.1, -0.05) is 0 Å². The normalized spacial score (nSPS) is 15.2. The highest BCUT2D eigenvalue weighted by atomic mass is 32.1. The fraction of sp³-hybridized carbons (Fsp3) is 0.333. The predicted molar refractivity (Wildman–Crippen MR) is 119 cm³/mol. The number of nitrogens with zero attached hydrogens (tertiary/aromatic N) is 2. The molecule has 5 nitrogen and oxygen atoms in total. The summed E-state index contributed by atoms with van der Waals surface area (Å²) in [6, 6.07) is 14.6. The Hall–Kier alpha value is -2.70. The molecule has 4 rings (SSSR count).